The highest BCUT2D eigenvalue weighted by molar-refractivity contribution is 8.00. The number of benzene rings is 1. The molecule has 2 heterocycles. The summed E-state index contributed by atoms with van der Waals surface area (Å²) in [7, 11) is 0. The van der Waals surface area contributed by atoms with Gasteiger partial charge in [0.05, 0.1) is 22.3 Å². The van der Waals surface area contributed by atoms with Crippen LogP contribution in [0, 0.1) is 5.82 Å². The van der Waals surface area contributed by atoms with Crippen molar-refractivity contribution in [3.05, 3.63) is 51.5 Å². The number of amides is 1. The summed E-state index contributed by atoms with van der Waals surface area (Å²) >= 11 is 2.40. The van der Waals surface area contributed by atoms with Gasteiger partial charge in [-0.2, -0.15) is 13.2 Å². The molecule has 0 fully saturated rings. The van der Waals surface area contributed by atoms with Gasteiger partial charge in [-0.1, -0.05) is 0 Å². The van der Waals surface area contributed by atoms with Crippen LogP contribution >= 0.6 is 23.1 Å². The standard InChI is InChI=1S/C14H9F4NOS2/c15-9-2-1-7(14(16,17)18)5-8(9)12-13-10(3-4-21-13)19-11(20)6-22-12/h1-5,12H,6H2,(H,19,20). The van der Waals surface area contributed by atoms with Crippen LogP contribution in [0.25, 0.3) is 0 Å². The fraction of sp³-hybridized carbons (Fsp3) is 0.214. The van der Waals surface area contributed by atoms with Crippen LogP contribution in [0.4, 0.5) is 23.2 Å². The maximum Gasteiger partial charge on any atom is 0.416 e. The second-order valence-corrected chi connectivity index (χ2v) is 6.71. The van der Waals surface area contributed by atoms with Crippen LogP contribution < -0.4 is 5.32 Å². The molecule has 1 aliphatic rings. The fourth-order valence-electron chi connectivity index (χ4n) is 2.20. The SMILES string of the molecule is O=C1CSC(c2cc(C(F)(F)F)ccc2F)c2sccc2N1. The third kappa shape index (κ3) is 2.85. The van der Waals surface area contributed by atoms with E-state index in [1.165, 1.54) is 11.3 Å². The Labute approximate surface area is 131 Å². The number of thiophene rings is 1. The van der Waals surface area contributed by atoms with Crippen molar-refractivity contribution >= 4 is 34.7 Å². The molecule has 1 N–H and O–H groups in total. The molecule has 8 heteroatoms. The average molecular weight is 347 g/mol. The minimum atomic E-state index is -4.54. The van der Waals surface area contributed by atoms with Crippen LogP contribution in [-0.4, -0.2) is 11.7 Å². The zero-order chi connectivity index (χ0) is 15.9. The van der Waals surface area contributed by atoms with Crippen LogP contribution in [0.5, 0.6) is 0 Å². The van der Waals surface area contributed by atoms with Gasteiger partial charge in [-0.3, -0.25) is 4.79 Å². The molecule has 1 atom stereocenters. The molecule has 2 aromatic rings. The van der Waals surface area contributed by atoms with Gasteiger partial charge in [0.25, 0.3) is 0 Å². The highest BCUT2D eigenvalue weighted by Gasteiger charge is 2.34. The normalized spacial score (nSPS) is 18.5. The predicted octanol–water partition coefficient (Wildman–Crippen LogP) is 4.68. The van der Waals surface area contributed by atoms with Gasteiger partial charge >= 0.3 is 6.18 Å². The molecule has 2 nitrogen and oxygen atoms in total. The number of carbonyl (C=O) groups is 1. The summed E-state index contributed by atoms with van der Waals surface area (Å²) in [5.41, 5.74) is -0.423. The predicted molar refractivity (Wildman–Crippen MR) is 78.7 cm³/mol. The van der Waals surface area contributed by atoms with E-state index in [2.05, 4.69) is 5.32 Å². The van der Waals surface area contributed by atoms with E-state index in [1.54, 1.807) is 11.4 Å². The lowest BCUT2D eigenvalue weighted by Gasteiger charge is -2.17. The zero-order valence-corrected chi connectivity index (χ0v) is 12.5. The first-order valence-electron chi connectivity index (χ1n) is 6.22. The van der Waals surface area contributed by atoms with Gasteiger partial charge in [-0.25, -0.2) is 4.39 Å². The van der Waals surface area contributed by atoms with Gasteiger partial charge in [-0.15, -0.1) is 23.1 Å². The van der Waals surface area contributed by atoms with Gasteiger partial charge in [0.1, 0.15) is 5.82 Å². The number of carbonyl (C=O) groups excluding carboxylic acids is 1. The lowest BCUT2D eigenvalue weighted by Crippen LogP contribution is -2.11. The Morgan fingerprint density at radius 3 is 2.73 bits per heavy atom. The first kappa shape index (κ1) is 15.4. The minimum absolute atomic E-state index is 0.0555. The van der Waals surface area contributed by atoms with Gasteiger partial charge in [0.2, 0.25) is 5.91 Å². The largest absolute Gasteiger partial charge is 0.416 e. The fourth-order valence-corrected chi connectivity index (χ4v) is 4.45. The number of rotatable bonds is 1. The second-order valence-electron chi connectivity index (χ2n) is 4.67. The molecule has 0 radical (unpaired) electrons. The molecule has 1 amide bonds. The first-order valence-corrected chi connectivity index (χ1v) is 8.14. The Morgan fingerprint density at radius 2 is 2.00 bits per heavy atom. The van der Waals surface area contributed by atoms with Crippen LogP contribution in [0.15, 0.2) is 29.6 Å². The van der Waals surface area contributed by atoms with Crippen molar-refractivity contribution in [3.63, 3.8) is 0 Å². The molecule has 22 heavy (non-hydrogen) atoms. The van der Waals surface area contributed by atoms with E-state index in [-0.39, 0.29) is 17.2 Å². The van der Waals surface area contributed by atoms with Gasteiger partial charge in [0, 0.05) is 10.4 Å². The number of alkyl halides is 3. The minimum Gasteiger partial charge on any atom is -0.324 e. The Kier molecular flexibility index (Phi) is 3.90. The maximum absolute atomic E-state index is 14.1. The third-order valence-electron chi connectivity index (χ3n) is 3.19. The zero-order valence-electron chi connectivity index (χ0n) is 10.9. The van der Waals surface area contributed by atoms with E-state index in [0.717, 1.165) is 30.0 Å². The summed E-state index contributed by atoms with van der Waals surface area (Å²) in [5.74, 6) is -0.902. The lowest BCUT2D eigenvalue weighted by atomic mass is 10.1. The van der Waals surface area contributed by atoms with E-state index in [0.29, 0.717) is 10.6 Å². The quantitative estimate of drug-likeness (QED) is 0.759. The summed E-state index contributed by atoms with van der Waals surface area (Å²) < 4.78 is 52.6. The summed E-state index contributed by atoms with van der Waals surface area (Å²) in [6.07, 6.45) is -4.54. The Hall–Kier alpha value is -1.54. The van der Waals surface area contributed by atoms with Crippen molar-refractivity contribution < 1.29 is 22.4 Å². The lowest BCUT2D eigenvalue weighted by molar-refractivity contribution is -0.137. The van der Waals surface area contributed by atoms with E-state index in [1.807, 2.05) is 0 Å². The molecular weight excluding hydrogens is 338 g/mol. The number of anilines is 1. The molecule has 1 unspecified atom stereocenters. The highest BCUT2D eigenvalue weighted by atomic mass is 32.2. The van der Waals surface area contributed by atoms with E-state index in [4.69, 9.17) is 0 Å². The van der Waals surface area contributed by atoms with E-state index >= 15 is 0 Å². The second kappa shape index (κ2) is 5.58. The van der Waals surface area contributed by atoms with Crippen LogP contribution in [0.2, 0.25) is 0 Å². The smallest absolute Gasteiger partial charge is 0.324 e. The van der Waals surface area contributed by atoms with E-state index in [9.17, 15) is 22.4 Å². The molecule has 0 bridgehead atoms. The number of hydrogen-bond acceptors (Lipinski definition) is 3. The molecule has 0 saturated carbocycles. The Balaban J connectivity index is 2.10. The summed E-state index contributed by atoms with van der Waals surface area (Å²) in [5, 5.41) is 3.75. The van der Waals surface area contributed by atoms with Crippen LogP contribution in [-0.2, 0) is 11.0 Å². The van der Waals surface area contributed by atoms with Crippen molar-refractivity contribution in [1.29, 1.82) is 0 Å². The molecule has 0 saturated heterocycles. The van der Waals surface area contributed by atoms with Crippen molar-refractivity contribution in [2.45, 2.75) is 11.4 Å². The molecule has 1 aliphatic heterocycles. The number of halogens is 4. The molecule has 116 valence electrons. The van der Waals surface area contributed by atoms with Gasteiger partial charge < -0.3 is 5.32 Å². The maximum atomic E-state index is 14.1. The molecule has 0 aliphatic carbocycles. The number of hydrogen-bond donors (Lipinski definition) is 1. The van der Waals surface area contributed by atoms with Crippen molar-refractivity contribution in [2.24, 2.45) is 0 Å². The van der Waals surface area contributed by atoms with Gasteiger partial charge in [-0.05, 0) is 29.6 Å². The molecule has 3 rings (SSSR count). The summed E-state index contributed by atoms with van der Waals surface area (Å²) in [6, 6.07) is 4.04. The van der Waals surface area contributed by atoms with Crippen molar-refractivity contribution in [2.75, 3.05) is 11.1 Å². The Morgan fingerprint density at radius 1 is 1.23 bits per heavy atom. The number of fused-ring (bicyclic) bond motifs is 1. The number of nitrogens with one attached hydrogen (secondary N) is 1. The molecule has 1 aromatic carbocycles. The van der Waals surface area contributed by atoms with Crippen molar-refractivity contribution in [1.82, 2.24) is 0 Å². The van der Waals surface area contributed by atoms with Crippen molar-refractivity contribution in [3.8, 4) is 0 Å². The average Bonchev–Trinajstić information content (AvgIpc) is 2.81. The molecule has 1 aromatic heterocycles. The van der Waals surface area contributed by atoms with Crippen LogP contribution in [0.1, 0.15) is 21.3 Å². The Bertz CT molecular complexity index is 726. The van der Waals surface area contributed by atoms with E-state index < -0.39 is 22.8 Å². The molecular formula is C14H9F4NOS2. The highest BCUT2D eigenvalue weighted by Crippen LogP contribution is 2.46. The van der Waals surface area contributed by atoms with Crippen LogP contribution in [0.3, 0.4) is 0 Å². The monoisotopic (exact) mass is 347 g/mol. The molecule has 0 spiro atoms. The first-order chi connectivity index (χ1) is 10.4. The summed E-state index contributed by atoms with van der Waals surface area (Å²) in [4.78, 5) is 12.3. The van der Waals surface area contributed by atoms with Gasteiger partial charge in [0.15, 0.2) is 0 Å². The number of thioether (sulfide) groups is 1. The summed E-state index contributed by atoms with van der Waals surface area (Å²) in [6.45, 7) is 0. The third-order valence-corrected chi connectivity index (χ3v) is 5.58. The topological polar surface area (TPSA) is 29.1 Å².